The maximum atomic E-state index is 13.3. The molecule has 0 fully saturated rings. The number of carbonyl (C=O) groups excluding carboxylic acids is 2. The van der Waals surface area contributed by atoms with Gasteiger partial charge in [-0.05, 0) is 45.2 Å². The van der Waals surface area contributed by atoms with Gasteiger partial charge in [-0.15, -0.1) is 0 Å². The third kappa shape index (κ3) is 2.74. The molecule has 1 aliphatic rings. The highest BCUT2D eigenvalue weighted by molar-refractivity contribution is 6.30. The van der Waals surface area contributed by atoms with E-state index in [9.17, 15) is 9.59 Å². The van der Waals surface area contributed by atoms with Gasteiger partial charge in [0.15, 0.2) is 11.6 Å². The van der Waals surface area contributed by atoms with E-state index in [1.54, 1.807) is 24.3 Å². The minimum absolute atomic E-state index is 0.0961. The van der Waals surface area contributed by atoms with Gasteiger partial charge in [-0.1, -0.05) is 97.1 Å². The first-order valence-corrected chi connectivity index (χ1v) is 10.6. The summed E-state index contributed by atoms with van der Waals surface area (Å²) in [4.78, 5) is 26.7. The van der Waals surface area contributed by atoms with Crippen LogP contribution in [0.2, 0.25) is 0 Å². The molecule has 0 bridgehead atoms. The van der Waals surface area contributed by atoms with Crippen LogP contribution >= 0.6 is 0 Å². The summed E-state index contributed by atoms with van der Waals surface area (Å²) in [5, 5.41) is 1.94. The van der Waals surface area contributed by atoms with Crippen molar-refractivity contribution in [1.82, 2.24) is 0 Å². The summed E-state index contributed by atoms with van der Waals surface area (Å²) in [6.45, 7) is 0. The number of fused-ring (bicyclic) bond motifs is 3. The molecule has 6 rings (SSSR count). The average Bonchev–Trinajstić information content (AvgIpc) is 2.87. The van der Waals surface area contributed by atoms with Gasteiger partial charge in [-0.25, -0.2) is 0 Å². The normalized spacial score (nSPS) is 12.5. The van der Waals surface area contributed by atoms with Crippen molar-refractivity contribution in [2.45, 2.75) is 0 Å². The summed E-state index contributed by atoms with van der Waals surface area (Å²) >= 11 is 0. The number of hydrogen-bond donors (Lipinski definition) is 0. The Kier molecular flexibility index (Phi) is 4.12. The Morgan fingerprint density at radius 1 is 0.344 bits per heavy atom. The van der Waals surface area contributed by atoms with Crippen LogP contribution in [0.25, 0.3) is 33.0 Å². The molecular formula is C30H18O2. The van der Waals surface area contributed by atoms with Crippen molar-refractivity contribution in [3.05, 3.63) is 131 Å². The Hall–Kier alpha value is -4.30. The lowest BCUT2D eigenvalue weighted by atomic mass is 9.81. The van der Waals surface area contributed by atoms with Crippen molar-refractivity contribution < 1.29 is 9.59 Å². The number of hydrogen-bond acceptors (Lipinski definition) is 2. The average molecular weight is 410 g/mol. The summed E-state index contributed by atoms with van der Waals surface area (Å²) in [5.74, 6) is -0.192. The predicted molar refractivity (Wildman–Crippen MR) is 128 cm³/mol. The minimum Gasteiger partial charge on any atom is -0.289 e. The summed E-state index contributed by atoms with van der Waals surface area (Å²) in [6.07, 6.45) is 0. The fraction of sp³-hybridized carbons (Fsp3) is 0. The lowest BCUT2D eigenvalue weighted by Crippen LogP contribution is -2.20. The molecule has 2 heteroatoms. The standard InChI is InChI=1S/C30H18O2/c31-29-23-13-7-8-14-24(23)30(32)28-18-26-22(20-11-5-2-6-12-20)16-15-21(25(26)17-27(28)29)19-9-3-1-4-10-19/h1-18H. The van der Waals surface area contributed by atoms with Gasteiger partial charge in [0, 0.05) is 22.3 Å². The molecule has 32 heavy (non-hydrogen) atoms. The third-order valence-corrected chi connectivity index (χ3v) is 6.23. The Morgan fingerprint density at radius 3 is 1.12 bits per heavy atom. The Labute approximate surface area is 185 Å². The molecule has 0 unspecified atom stereocenters. The van der Waals surface area contributed by atoms with E-state index in [0.717, 1.165) is 33.0 Å². The number of benzene rings is 5. The first kappa shape index (κ1) is 18.5. The van der Waals surface area contributed by atoms with E-state index in [4.69, 9.17) is 0 Å². The van der Waals surface area contributed by atoms with Gasteiger partial charge in [0.1, 0.15) is 0 Å². The second kappa shape index (κ2) is 7.14. The third-order valence-electron chi connectivity index (χ3n) is 6.23. The van der Waals surface area contributed by atoms with Gasteiger partial charge >= 0.3 is 0 Å². The van der Waals surface area contributed by atoms with Crippen molar-refractivity contribution in [2.75, 3.05) is 0 Å². The van der Waals surface area contributed by atoms with Crippen molar-refractivity contribution >= 4 is 22.3 Å². The van der Waals surface area contributed by atoms with Crippen LogP contribution in [0.3, 0.4) is 0 Å². The predicted octanol–water partition coefficient (Wildman–Crippen LogP) is 6.95. The fourth-order valence-electron chi connectivity index (χ4n) is 4.68. The molecule has 0 saturated carbocycles. The molecule has 1 aliphatic carbocycles. The highest BCUT2D eigenvalue weighted by atomic mass is 16.1. The van der Waals surface area contributed by atoms with E-state index in [1.165, 1.54) is 0 Å². The second-order valence-electron chi connectivity index (χ2n) is 8.04. The Bertz CT molecular complexity index is 1410. The lowest BCUT2D eigenvalue weighted by Gasteiger charge is -2.20. The maximum absolute atomic E-state index is 13.3. The van der Waals surface area contributed by atoms with Gasteiger partial charge in [0.05, 0.1) is 0 Å². The van der Waals surface area contributed by atoms with Crippen molar-refractivity contribution in [1.29, 1.82) is 0 Å². The SMILES string of the molecule is O=C1c2ccccc2C(=O)c2cc3c(-c4ccccc4)ccc(-c4ccccc4)c3cc21. The van der Waals surface area contributed by atoms with Crippen molar-refractivity contribution in [3.8, 4) is 22.3 Å². The zero-order valence-electron chi connectivity index (χ0n) is 17.2. The second-order valence-corrected chi connectivity index (χ2v) is 8.04. The van der Waals surface area contributed by atoms with E-state index < -0.39 is 0 Å². The van der Waals surface area contributed by atoms with E-state index in [1.807, 2.05) is 48.5 Å². The van der Waals surface area contributed by atoms with E-state index in [2.05, 4.69) is 36.4 Å². The largest absolute Gasteiger partial charge is 0.289 e. The molecule has 0 radical (unpaired) electrons. The Balaban J connectivity index is 1.70. The van der Waals surface area contributed by atoms with Gasteiger partial charge in [-0.3, -0.25) is 9.59 Å². The smallest absolute Gasteiger partial charge is 0.194 e. The Morgan fingerprint density at radius 2 is 0.719 bits per heavy atom. The molecular weight excluding hydrogens is 392 g/mol. The molecule has 0 spiro atoms. The molecule has 0 saturated heterocycles. The number of rotatable bonds is 2. The summed E-state index contributed by atoms with van der Waals surface area (Å²) in [6, 6.07) is 35.4. The quantitative estimate of drug-likeness (QED) is 0.309. The number of ketones is 2. The van der Waals surface area contributed by atoms with Gasteiger partial charge in [0.2, 0.25) is 0 Å². The highest BCUT2D eigenvalue weighted by Gasteiger charge is 2.30. The summed E-state index contributed by atoms with van der Waals surface area (Å²) in [7, 11) is 0. The molecule has 0 N–H and O–H groups in total. The topological polar surface area (TPSA) is 34.1 Å². The lowest BCUT2D eigenvalue weighted by molar-refractivity contribution is 0.0979. The van der Waals surface area contributed by atoms with E-state index in [-0.39, 0.29) is 11.6 Å². The summed E-state index contributed by atoms with van der Waals surface area (Å²) < 4.78 is 0. The minimum atomic E-state index is -0.0961. The maximum Gasteiger partial charge on any atom is 0.194 e. The van der Waals surface area contributed by atoms with Gasteiger partial charge < -0.3 is 0 Å². The molecule has 5 aromatic carbocycles. The van der Waals surface area contributed by atoms with Crippen LogP contribution in [0, 0.1) is 0 Å². The molecule has 150 valence electrons. The van der Waals surface area contributed by atoms with Crippen LogP contribution < -0.4 is 0 Å². The van der Waals surface area contributed by atoms with Crippen molar-refractivity contribution in [3.63, 3.8) is 0 Å². The van der Waals surface area contributed by atoms with Crippen LogP contribution in [-0.4, -0.2) is 11.6 Å². The first-order chi connectivity index (χ1) is 15.7. The van der Waals surface area contributed by atoms with E-state index >= 15 is 0 Å². The first-order valence-electron chi connectivity index (χ1n) is 10.6. The molecule has 2 nitrogen and oxygen atoms in total. The van der Waals surface area contributed by atoms with Crippen LogP contribution in [0.1, 0.15) is 31.8 Å². The highest BCUT2D eigenvalue weighted by Crippen LogP contribution is 2.39. The molecule has 0 heterocycles. The number of carbonyl (C=O) groups is 2. The van der Waals surface area contributed by atoms with Gasteiger partial charge in [0.25, 0.3) is 0 Å². The van der Waals surface area contributed by atoms with Crippen LogP contribution in [0.15, 0.2) is 109 Å². The zero-order chi connectivity index (χ0) is 21.7. The molecule has 0 aliphatic heterocycles. The van der Waals surface area contributed by atoms with E-state index in [0.29, 0.717) is 22.3 Å². The summed E-state index contributed by atoms with van der Waals surface area (Å²) in [5.41, 5.74) is 6.14. The molecule has 0 amide bonds. The monoisotopic (exact) mass is 410 g/mol. The van der Waals surface area contributed by atoms with Crippen molar-refractivity contribution in [2.24, 2.45) is 0 Å². The van der Waals surface area contributed by atoms with Gasteiger partial charge in [-0.2, -0.15) is 0 Å². The van der Waals surface area contributed by atoms with Crippen LogP contribution in [0.5, 0.6) is 0 Å². The zero-order valence-corrected chi connectivity index (χ0v) is 17.2. The van der Waals surface area contributed by atoms with Crippen LogP contribution in [-0.2, 0) is 0 Å². The molecule has 0 atom stereocenters. The molecule has 0 aromatic heterocycles. The molecule has 5 aromatic rings. The van der Waals surface area contributed by atoms with Crippen LogP contribution in [0.4, 0.5) is 0 Å². The fourth-order valence-corrected chi connectivity index (χ4v) is 4.68.